The van der Waals surface area contributed by atoms with Crippen LogP contribution in [0.4, 0.5) is 5.13 Å². The molecule has 2 fully saturated rings. The average Bonchev–Trinajstić information content (AvgIpc) is 3.67. The van der Waals surface area contributed by atoms with Crippen LogP contribution in [0.15, 0.2) is 84.5 Å². The maximum atomic E-state index is 12.7. The van der Waals surface area contributed by atoms with Gasteiger partial charge in [-0.2, -0.15) is 0 Å². The van der Waals surface area contributed by atoms with Crippen molar-refractivity contribution in [3.05, 3.63) is 107 Å². The fourth-order valence-corrected chi connectivity index (χ4v) is 6.59. The average molecular weight is 482 g/mol. The molecule has 2 saturated carbocycles. The van der Waals surface area contributed by atoms with Crippen LogP contribution in [-0.4, -0.2) is 15.9 Å². The first-order valence-electron chi connectivity index (χ1n) is 12.2. The van der Waals surface area contributed by atoms with Gasteiger partial charge in [-0.1, -0.05) is 36.8 Å². The largest absolute Gasteiger partial charge is 0.487 e. The molecule has 5 nitrogen and oxygen atoms in total. The standard InChI is InChI=1S/C29H27N3O2S/c33-27(32-28-31-15-16-35-28)21-5-8-22(9-6-21)29(18-20-4-7-24(29)17-20)23-10-12-26(13-11-23)34-19-25-3-1-2-14-30-25/h1-3,5-6,8-16,20,24H,4,7,17-19H2,(H,31,32,33)/t20-,24+,29+/m1/s1. The van der Waals surface area contributed by atoms with E-state index in [1.807, 2.05) is 35.7 Å². The van der Waals surface area contributed by atoms with Crippen molar-refractivity contribution < 1.29 is 9.53 Å². The Kier molecular flexibility index (Phi) is 5.82. The van der Waals surface area contributed by atoms with Crippen molar-refractivity contribution in [1.82, 2.24) is 9.97 Å². The molecule has 35 heavy (non-hydrogen) atoms. The summed E-state index contributed by atoms with van der Waals surface area (Å²) in [5.74, 6) is 2.13. The lowest BCUT2D eigenvalue weighted by Crippen LogP contribution is -2.34. The van der Waals surface area contributed by atoms with Gasteiger partial charge in [0.15, 0.2) is 5.13 Å². The first-order valence-corrected chi connectivity index (χ1v) is 13.0. The van der Waals surface area contributed by atoms with Gasteiger partial charge in [0, 0.05) is 28.8 Å². The van der Waals surface area contributed by atoms with E-state index in [1.54, 1.807) is 12.4 Å². The minimum atomic E-state index is -0.122. The number of hydrogen-bond acceptors (Lipinski definition) is 5. The summed E-state index contributed by atoms with van der Waals surface area (Å²) in [5.41, 5.74) is 4.21. The summed E-state index contributed by atoms with van der Waals surface area (Å²) in [4.78, 5) is 21.1. The second-order valence-corrected chi connectivity index (χ2v) is 10.4. The zero-order chi connectivity index (χ0) is 23.7. The van der Waals surface area contributed by atoms with Crippen LogP contribution in [0.5, 0.6) is 5.75 Å². The summed E-state index contributed by atoms with van der Waals surface area (Å²) in [6, 6.07) is 22.7. The molecule has 6 rings (SSSR count). The van der Waals surface area contributed by atoms with Crippen molar-refractivity contribution in [2.75, 3.05) is 5.32 Å². The molecule has 2 bridgehead atoms. The Hall–Kier alpha value is -3.51. The third kappa shape index (κ3) is 4.23. The maximum absolute atomic E-state index is 12.7. The van der Waals surface area contributed by atoms with E-state index >= 15 is 0 Å². The number of nitrogens with one attached hydrogen (secondary N) is 1. The zero-order valence-corrected chi connectivity index (χ0v) is 20.2. The highest BCUT2D eigenvalue weighted by atomic mass is 32.1. The smallest absolute Gasteiger partial charge is 0.257 e. The first-order chi connectivity index (χ1) is 17.2. The number of pyridine rings is 1. The fraction of sp³-hybridized carbons (Fsp3) is 0.276. The lowest BCUT2D eigenvalue weighted by Gasteiger charge is -2.39. The SMILES string of the molecule is O=C(Nc1nccs1)c1ccc([C@]2(c3ccc(OCc4ccccn4)cc3)C[C@@H]3CC[C@H]2C3)cc1. The van der Waals surface area contributed by atoms with Gasteiger partial charge in [0.05, 0.1) is 5.69 Å². The van der Waals surface area contributed by atoms with Crippen molar-refractivity contribution in [3.63, 3.8) is 0 Å². The number of amides is 1. The molecule has 2 aliphatic carbocycles. The predicted octanol–water partition coefficient (Wildman–Crippen LogP) is 6.48. The topological polar surface area (TPSA) is 64.1 Å². The number of rotatable bonds is 7. The van der Waals surface area contributed by atoms with E-state index in [9.17, 15) is 4.79 Å². The first kappa shape index (κ1) is 22.0. The van der Waals surface area contributed by atoms with Crippen LogP contribution in [0.3, 0.4) is 0 Å². The Morgan fingerprint density at radius 3 is 2.40 bits per heavy atom. The van der Waals surface area contributed by atoms with Gasteiger partial charge in [0.2, 0.25) is 0 Å². The number of carbonyl (C=O) groups excluding carboxylic acids is 1. The lowest BCUT2D eigenvalue weighted by molar-refractivity contribution is 0.102. The van der Waals surface area contributed by atoms with Crippen molar-refractivity contribution in [3.8, 4) is 5.75 Å². The lowest BCUT2D eigenvalue weighted by atomic mass is 9.64. The number of thiazole rings is 1. The highest BCUT2D eigenvalue weighted by Gasteiger charge is 2.52. The highest BCUT2D eigenvalue weighted by molar-refractivity contribution is 7.13. The molecule has 1 N–H and O–H groups in total. The molecule has 2 heterocycles. The molecular formula is C29H27N3O2S. The molecule has 176 valence electrons. The monoisotopic (exact) mass is 481 g/mol. The van der Waals surface area contributed by atoms with Crippen molar-refractivity contribution >= 4 is 22.4 Å². The summed E-state index contributed by atoms with van der Waals surface area (Å²) in [5, 5.41) is 5.35. The Bertz CT molecular complexity index is 1290. The molecule has 0 radical (unpaired) electrons. The van der Waals surface area contributed by atoms with E-state index in [2.05, 4.69) is 51.7 Å². The van der Waals surface area contributed by atoms with Gasteiger partial charge < -0.3 is 4.74 Å². The minimum absolute atomic E-state index is 0.00720. The van der Waals surface area contributed by atoms with Gasteiger partial charge in [-0.15, -0.1) is 11.3 Å². The van der Waals surface area contributed by atoms with Crippen LogP contribution < -0.4 is 10.1 Å². The normalized spacial score (nSPS) is 22.7. The molecular weight excluding hydrogens is 454 g/mol. The van der Waals surface area contributed by atoms with Gasteiger partial charge in [0.25, 0.3) is 5.91 Å². The van der Waals surface area contributed by atoms with E-state index in [0.29, 0.717) is 23.2 Å². The van der Waals surface area contributed by atoms with Crippen molar-refractivity contribution in [1.29, 1.82) is 0 Å². The molecule has 1 amide bonds. The molecule has 0 spiro atoms. The number of ether oxygens (including phenoxy) is 1. The summed E-state index contributed by atoms with van der Waals surface area (Å²) >= 11 is 1.42. The van der Waals surface area contributed by atoms with Gasteiger partial charge in [-0.05, 0) is 78.6 Å². The zero-order valence-electron chi connectivity index (χ0n) is 19.4. The number of fused-ring (bicyclic) bond motifs is 2. The van der Waals surface area contributed by atoms with Crippen LogP contribution >= 0.6 is 11.3 Å². The Morgan fingerprint density at radius 2 is 1.77 bits per heavy atom. The number of hydrogen-bond donors (Lipinski definition) is 1. The molecule has 2 aliphatic rings. The van der Waals surface area contributed by atoms with Crippen molar-refractivity contribution in [2.24, 2.45) is 11.8 Å². The summed E-state index contributed by atoms with van der Waals surface area (Å²) in [6.45, 7) is 0.459. The van der Waals surface area contributed by atoms with E-state index in [-0.39, 0.29) is 11.3 Å². The molecule has 2 aromatic carbocycles. The highest BCUT2D eigenvalue weighted by Crippen LogP contribution is 2.60. The summed E-state index contributed by atoms with van der Waals surface area (Å²) in [6.07, 6.45) is 8.51. The maximum Gasteiger partial charge on any atom is 0.257 e. The predicted molar refractivity (Wildman–Crippen MR) is 138 cm³/mol. The fourth-order valence-electron chi connectivity index (χ4n) is 6.07. The number of aromatic nitrogens is 2. The molecule has 0 unspecified atom stereocenters. The summed E-state index contributed by atoms with van der Waals surface area (Å²) < 4.78 is 5.98. The number of nitrogens with zero attached hydrogens (tertiary/aromatic N) is 2. The van der Waals surface area contributed by atoms with Gasteiger partial charge in [-0.3, -0.25) is 15.1 Å². The third-order valence-electron chi connectivity index (χ3n) is 7.65. The molecule has 0 aliphatic heterocycles. The van der Waals surface area contributed by atoms with Gasteiger partial charge in [-0.25, -0.2) is 4.98 Å². The quantitative estimate of drug-likeness (QED) is 0.328. The van der Waals surface area contributed by atoms with Gasteiger partial charge >= 0.3 is 0 Å². The van der Waals surface area contributed by atoms with Gasteiger partial charge in [0.1, 0.15) is 12.4 Å². The third-order valence-corrected chi connectivity index (χ3v) is 8.33. The second-order valence-electron chi connectivity index (χ2n) is 9.55. The Morgan fingerprint density at radius 1 is 0.971 bits per heavy atom. The second kappa shape index (κ2) is 9.27. The van der Waals surface area contributed by atoms with Crippen LogP contribution in [0.1, 0.15) is 52.9 Å². The Labute approximate surface area is 209 Å². The van der Waals surface area contributed by atoms with Crippen molar-refractivity contribution in [2.45, 2.75) is 37.7 Å². The van der Waals surface area contributed by atoms with E-state index in [4.69, 9.17) is 4.74 Å². The molecule has 2 aromatic heterocycles. The number of carbonyl (C=O) groups is 1. The van der Waals surface area contributed by atoms with Crippen LogP contribution in [0.2, 0.25) is 0 Å². The molecule has 3 atom stereocenters. The molecule has 6 heteroatoms. The van der Waals surface area contributed by atoms with E-state index in [1.165, 1.54) is 41.7 Å². The van der Waals surface area contributed by atoms with E-state index in [0.717, 1.165) is 23.8 Å². The molecule has 0 saturated heterocycles. The minimum Gasteiger partial charge on any atom is -0.487 e. The Balaban J connectivity index is 1.24. The van der Waals surface area contributed by atoms with Crippen LogP contribution in [0.25, 0.3) is 0 Å². The van der Waals surface area contributed by atoms with E-state index < -0.39 is 0 Å². The molecule has 4 aromatic rings. The van der Waals surface area contributed by atoms with Crippen LogP contribution in [-0.2, 0) is 12.0 Å². The number of benzene rings is 2. The number of anilines is 1. The summed E-state index contributed by atoms with van der Waals surface area (Å²) in [7, 11) is 0. The van der Waals surface area contributed by atoms with Crippen LogP contribution in [0, 0.1) is 11.8 Å².